The molecule has 1 fully saturated rings. The van der Waals surface area contributed by atoms with E-state index in [1.807, 2.05) is 44.2 Å². The molecule has 92 valence electrons. The molecule has 1 aromatic carbocycles. The molecule has 1 saturated carbocycles. The van der Waals surface area contributed by atoms with Gasteiger partial charge < -0.3 is 4.74 Å². The summed E-state index contributed by atoms with van der Waals surface area (Å²) >= 11 is 0. The lowest BCUT2D eigenvalue weighted by Crippen LogP contribution is -2.09. The fourth-order valence-electron chi connectivity index (χ4n) is 2.25. The molecule has 2 rings (SSSR count). The summed E-state index contributed by atoms with van der Waals surface area (Å²) in [4.78, 5) is 12.4. The van der Waals surface area contributed by atoms with Crippen LogP contribution in [0, 0.1) is 11.3 Å². The molecule has 0 unspecified atom stereocenters. The number of benzene rings is 1. The summed E-state index contributed by atoms with van der Waals surface area (Å²) in [6, 6.07) is 9.26. The summed E-state index contributed by atoms with van der Waals surface area (Å²) in [7, 11) is 0.228. The van der Waals surface area contributed by atoms with Gasteiger partial charge in [0.2, 0.25) is 0 Å². The Morgan fingerprint density at radius 2 is 1.88 bits per heavy atom. The molecular formula is C13H16O3S. The third-order valence-corrected chi connectivity index (χ3v) is 5.47. The molecule has 0 radical (unpaired) electrons. The average molecular weight is 252 g/mol. The third kappa shape index (κ3) is 2.02. The van der Waals surface area contributed by atoms with Crippen LogP contribution in [-0.4, -0.2) is 22.5 Å². The van der Waals surface area contributed by atoms with Crippen LogP contribution in [0.5, 0.6) is 0 Å². The predicted octanol–water partition coefficient (Wildman–Crippen LogP) is 1.99. The number of carbonyl (C=O) groups is 1. The van der Waals surface area contributed by atoms with Crippen molar-refractivity contribution >= 4 is 16.8 Å². The van der Waals surface area contributed by atoms with Crippen LogP contribution in [-0.2, 0) is 20.3 Å². The summed E-state index contributed by atoms with van der Waals surface area (Å²) < 4.78 is 17.1. The molecule has 0 heterocycles. The Morgan fingerprint density at radius 3 is 2.41 bits per heavy atom. The molecule has 1 aliphatic rings. The summed E-state index contributed by atoms with van der Waals surface area (Å²) in [5, 5.41) is -0.141. The topological polar surface area (TPSA) is 43.4 Å². The second-order valence-electron chi connectivity index (χ2n) is 4.85. The van der Waals surface area contributed by atoms with Crippen LogP contribution in [0.3, 0.4) is 0 Å². The van der Waals surface area contributed by atoms with E-state index >= 15 is 0 Å². The Bertz CT molecular complexity index is 453. The van der Waals surface area contributed by atoms with Gasteiger partial charge in [0.05, 0.1) is 29.1 Å². The maximum atomic E-state index is 12.4. The Kier molecular flexibility index (Phi) is 3.08. The molecular weight excluding hydrogens is 236 g/mol. The van der Waals surface area contributed by atoms with Gasteiger partial charge in [0.25, 0.3) is 0 Å². The second-order valence-corrected chi connectivity index (χ2v) is 6.43. The van der Waals surface area contributed by atoms with E-state index in [1.165, 1.54) is 7.11 Å². The van der Waals surface area contributed by atoms with Gasteiger partial charge in [-0.05, 0) is 17.5 Å². The number of carbonyl (C=O) groups excluding carboxylic acids is 1. The molecule has 1 aromatic rings. The van der Waals surface area contributed by atoms with Crippen LogP contribution in [0.15, 0.2) is 35.2 Å². The summed E-state index contributed by atoms with van der Waals surface area (Å²) in [5.41, 5.74) is -0.242. The highest BCUT2D eigenvalue weighted by molar-refractivity contribution is 7.86. The van der Waals surface area contributed by atoms with Gasteiger partial charge in [0, 0.05) is 4.90 Å². The van der Waals surface area contributed by atoms with Crippen molar-refractivity contribution in [1.29, 1.82) is 0 Å². The van der Waals surface area contributed by atoms with Crippen molar-refractivity contribution in [3.05, 3.63) is 30.3 Å². The van der Waals surface area contributed by atoms with Gasteiger partial charge >= 0.3 is 5.97 Å². The van der Waals surface area contributed by atoms with Crippen LogP contribution in [0.25, 0.3) is 0 Å². The number of esters is 1. The summed E-state index contributed by atoms with van der Waals surface area (Å²) in [6.07, 6.45) is 0. The van der Waals surface area contributed by atoms with E-state index in [4.69, 9.17) is 4.74 Å². The van der Waals surface area contributed by atoms with Crippen LogP contribution in [0.4, 0.5) is 0 Å². The van der Waals surface area contributed by atoms with Crippen molar-refractivity contribution in [1.82, 2.24) is 0 Å². The van der Waals surface area contributed by atoms with Crippen molar-refractivity contribution in [2.24, 2.45) is 11.3 Å². The van der Waals surface area contributed by atoms with E-state index in [-0.39, 0.29) is 22.6 Å². The largest absolute Gasteiger partial charge is 0.469 e. The zero-order valence-electron chi connectivity index (χ0n) is 10.2. The third-order valence-electron chi connectivity index (χ3n) is 3.39. The van der Waals surface area contributed by atoms with Crippen molar-refractivity contribution in [2.45, 2.75) is 24.0 Å². The van der Waals surface area contributed by atoms with Gasteiger partial charge in [0.1, 0.15) is 0 Å². The maximum Gasteiger partial charge on any atom is 0.310 e. The Labute approximate surface area is 104 Å². The first-order chi connectivity index (χ1) is 8.00. The van der Waals surface area contributed by atoms with E-state index < -0.39 is 10.8 Å². The number of rotatable bonds is 3. The smallest absolute Gasteiger partial charge is 0.310 e. The lowest BCUT2D eigenvalue weighted by atomic mass is 10.1. The number of methoxy groups -OCH3 is 1. The molecule has 0 bridgehead atoms. The first kappa shape index (κ1) is 12.3. The molecule has 3 atom stereocenters. The minimum Gasteiger partial charge on any atom is -0.469 e. The summed E-state index contributed by atoms with van der Waals surface area (Å²) in [5.74, 6) is -0.516. The number of hydrogen-bond donors (Lipinski definition) is 0. The molecule has 17 heavy (non-hydrogen) atoms. The average Bonchev–Trinajstić information content (AvgIpc) is 2.91. The molecule has 0 spiro atoms. The van der Waals surface area contributed by atoms with E-state index in [0.29, 0.717) is 0 Å². The minimum absolute atomic E-state index is 0.141. The van der Waals surface area contributed by atoms with Gasteiger partial charge in [-0.3, -0.25) is 9.00 Å². The molecule has 0 aliphatic heterocycles. The fraction of sp³-hybridized carbons (Fsp3) is 0.462. The molecule has 1 aliphatic carbocycles. The monoisotopic (exact) mass is 252 g/mol. The van der Waals surface area contributed by atoms with Crippen molar-refractivity contribution in [3.8, 4) is 0 Å². The first-order valence-electron chi connectivity index (χ1n) is 5.53. The highest BCUT2D eigenvalue weighted by atomic mass is 32.2. The molecule has 4 heteroatoms. The van der Waals surface area contributed by atoms with Gasteiger partial charge in [-0.2, -0.15) is 0 Å². The quantitative estimate of drug-likeness (QED) is 0.773. The molecule has 0 amide bonds. The number of ether oxygens (including phenoxy) is 1. The Hall–Kier alpha value is -1.16. The van der Waals surface area contributed by atoms with Crippen molar-refractivity contribution < 1.29 is 13.7 Å². The lowest BCUT2D eigenvalue weighted by Gasteiger charge is -2.02. The highest BCUT2D eigenvalue weighted by Crippen LogP contribution is 2.56. The zero-order chi connectivity index (χ0) is 12.6. The van der Waals surface area contributed by atoms with Crippen LogP contribution in [0.1, 0.15) is 13.8 Å². The molecule has 3 nitrogen and oxygen atoms in total. The Morgan fingerprint density at radius 1 is 1.29 bits per heavy atom. The van der Waals surface area contributed by atoms with Gasteiger partial charge in [-0.25, -0.2) is 0 Å². The normalized spacial score (nSPS) is 27.2. The predicted molar refractivity (Wildman–Crippen MR) is 65.9 cm³/mol. The van der Waals surface area contributed by atoms with Gasteiger partial charge in [0.15, 0.2) is 0 Å². The van der Waals surface area contributed by atoms with E-state index in [0.717, 1.165) is 4.90 Å². The maximum absolute atomic E-state index is 12.4. The minimum atomic E-state index is -1.15. The van der Waals surface area contributed by atoms with Crippen molar-refractivity contribution in [2.75, 3.05) is 7.11 Å². The molecule has 0 aromatic heterocycles. The van der Waals surface area contributed by atoms with E-state index in [1.54, 1.807) is 0 Å². The Balaban J connectivity index is 2.21. The SMILES string of the molecule is COC(=O)[C@H]1[C@H]([S@@](=O)c2ccccc2)C1(C)C. The molecule has 0 saturated heterocycles. The first-order valence-corrected chi connectivity index (χ1v) is 6.75. The standard InChI is InChI=1S/C13H16O3S/c1-13(2)10(12(14)16-3)11(13)17(15)9-7-5-4-6-8-9/h4-8,10-11H,1-3H3/t10-,11+,17+/m1/s1. The van der Waals surface area contributed by atoms with Crippen LogP contribution < -0.4 is 0 Å². The highest BCUT2D eigenvalue weighted by Gasteiger charge is 2.65. The van der Waals surface area contributed by atoms with Crippen molar-refractivity contribution in [3.63, 3.8) is 0 Å². The zero-order valence-corrected chi connectivity index (χ0v) is 11.0. The second kappa shape index (κ2) is 4.26. The van der Waals surface area contributed by atoms with Crippen LogP contribution in [0.2, 0.25) is 0 Å². The molecule has 0 N–H and O–H groups in total. The van der Waals surface area contributed by atoms with Gasteiger partial charge in [-0.1, -0.05) is 32.0 Å². The van der Waals surface area contributed by atoms with Crippen LogP contribution >= 0.6 is 0 Å². The summed E-state index contributed by atoms with van der Waals surface area (Å²) in [6.45, 7) is 3.92. The number of hydrogen-bond acceptors (Lipinski definition) is 3. The fourth-order valence-corrected chi connectivity index (χ4v) is 4.29. The van der Waals surface area contributed by atoms with E-state index in [2.05, 4.69) is 0 Å². The van der Waals surface area contributed by atoms with E-state index in [9.17, 15) is 9.00 Å². The van der Waals surface area contributed by atoms with Gasteiger partial charge in [-0.15, -0.1) is 0 Å². The lowest BCUT2D eigenvalue weighted by molar-refractivity contribution is -0.142.